The summed E-state index contributed by atoms with van der Waals surface area (Å²) in [5.41, 5.74) is 2.90. The molecule has 1 aromatic rings. The number of hydrogen-bond acceptors (Lipinski definition) is 8. The van der Waals surface area contributed by atoms with E-state index in [0.717, 1.165) is 62.0 Å². The molecule has 5 atom stereocenters. The van der Waals surface area contributed by atoms with E-state index in [1.165, 1.54) is 7.11 Å². The van der Waals surface area contributed by atoms with Gasteiger partial charge in [0.25, 0.3) is 5.91 Å². The zero-order chi connectivity index (χ0) is 34.0. The minimum atomic E-state index is -4.07. The summed E-state index contributed by atoms with van der Waals surface area (Å²) in [5, 5.41) is -0.273. The van der Waals surface area contributed by atoms with E-state index >= 15 is 0 Å². The summed E-state index contributed by atoms with van der Waals surface area (Å²) in [6.07, 6.45) is 13.0. The average Bonchev–Trinajstić information content (AvgIpc) is 3.05. The molecule has 9 nitrogen and oxygen atoms in total. The van der Waals surface area contributed by atoms with Crippen molar-refractivity contribution < 1.29 is 32.2 Å². The van der Waals surface area contributed by atoms with Crippen molar-refractivity contribution >= 4 is 33.2 Å². The van der Waals surface area contributed by atoms with Gasteiger partial charge >= 0.3 is 0 Å². The number of sulfonamides is 1. The molecule has 0 unspecified atom stereocenters. The molecule has 1 saturated carbocycles. The maximum atomic E-state index is 13.6. The van der Waals surface area contributed by atoms with Gasteiger partial charge in [-0.2, -0.15) is 0 Å². The predicted molar refractivity (Wildman–Crippen MR) is 188 cm³/mol. The van der Waals surface area contributed by atoms with Gasteiger partial charge in [-0.3, -0.25) is 4.79 Å². The van der Waals surface area contributed by atoms with E-state index < -0.39 is 21.2 Å². The second kappa shape index (κ2) is 17.7. The Kier molecular flexibility index (Phi) is 14.0. The Labute approximate surface area is 286 Å². The number of nitrogens with one attached hydrogen (secondary N) is 1. The van der Waals surface area contributed by atoms with Gasteiger partial charge in [0, 0.05) is 37.9 Å². The number of carbonyl (C=O) groups excluding carboxylic acids is 1. The van der Waals surface area contributed by atoms with E-state index in [4.69, 9.17) is 30.5 Å². The number of anilines is 1. The maximum Gasteiger partial charge on any atom is 0.264 e. The van der Waals surface area contributed by atoms with Crippen molar-refractivity contribution in [2.75, 3.05) is 58.6 Å². The van der Waals surface area contributed by atoms with Gasteiger partial charge in [0.15, 0.2) is 0 Å². The summed E-state index contributed by atoms with van der Waals surface area (Å²) >= 11 is 6.38. The molecule has 2 aliphatic heterocycles. The van der Waals surface area contributed by atoms with Crippen molar-refractivity contribution in [1.29, 1.82) is 0 Å². The molecule has 260 valence electrons. The van der Waals surface area contributed by atoms with Crippen molar-refractivity contribution in [2.45, 2.75) is 63.7 Å². The van der Waals surface area contributed by atoms with Crippen LogP contribution in [0.15, 0.2) is 65.3 Å². The quantitative estimate of drug-likeness (QED) is 0.259. The topological polar surface area (TPSA) is 103 Å². The molecule has 3 aliphatic rings. The molecule has 0 saturated heterocycles. The van der Waals surface area contributed by atoms with Crippen molar-refractivity contribution in [2.24, 2.45) is 17.8 Å². The molecule has 1 aliphatic carbocycles. The number of hydrogen-bond donors (Lipinski definition) is 1. The fourth-order valence-electron chi connectivity index (χ4n) is 6.51. The zero-order valence-electron chi connectivity index (χ0n) is 28.2. The lowest BCUT2D eigenvalue weighted by Crippen LogP contribution is -2.45. The summed E-state index contributed by atoms with van der Waals surface area (Å²) in [6, 6.07) is 5.13. The first kappa shape index (κ1) is 37.2. The lowest BCUT2D eigenvalue weighted by molar-refractivity contribution is -0.0308. The first-order valence-corrected chi connectivity index (χ1v) is 18.5. The van der Waals surface area contributed by atoms with Crippen LogP contribution >= 0.6 is 11.6 Å². The normalized spacial score (nSPS) is 29.1. The summed E-state index contributed by atoms with van der Waals surface area (Å²) in [6.45, 7) is 10.7. The Morgan fingerprint density at radius 2 is 2.00 bits per heavy atom. The molecular formula is C36H51ClN2O7S. The monoisotopic (exact) mass is 690 g/mol. The van der Waals surface area contributed by atoms with Gasteiger partial charge in [-0.05, 0) is 98.6 Å². The summed E-state index contributed by atoms with van der Waals surface area (Å²) < 4.78 is 52.8. The smallest absolute Gasteiger partial charge is 0.264 e. The number of ether oxygens (including phenoxy) is 4. The van der Waals surface area contributed by atoms with E-state index in [9.17, 15) is 13.2 Å². The van der Waals surface area contributed by atoms with Crippen molar-refractivity contribution in [3.63, 3.8) is 0 Å². The average molecular weight is 691 g/mol. The number of nitrogens with zero attached hydrogens (tertiary/aromatic N) is 1. The third kappa shape index (κ3) is 9.95. The largest absolute Gasteiger partial charge is 0.487 e. The maximum absolute atomic E-state index is 13.6. The number of fused-ring (bicyclic) bond motifs is 2. The van der Waals surface area contributed by atoms with Crippen LogP contribution < -0.4 is 14.4 Å². The molecule has 1 N–H and O–H groups in total. The van der Waals surface area contributed by atoms with E-state index in [1.54, 1.807) is 25.3 Å². The Balaban J connectivity index is 1.76. The Bertz CT molecular complexity index is 1440. The molecule has 1 amide bonds. The van der Waals surface area contributed by atoms with E-state index in [-0.39, 0.29) is 36.7 Å². The number of methoxy groups -OCH3 is 2. The lowest BCUT2D eigenvalue weighted by Gasteiger charge is -2.44. The fraction of sp³-hybridized carbons (Fsp3) is 0.583. The van der Waals surface area contributed by atoms with Crippen molar-refractivity contribution in [3.05, 3.63) is 70.8 Å². The molecule has 0 spiro atoms. The van der Waals surface area contributed by atoms with Gasteiger partial charge in [-0.1, -0.05) is 43.3 Å². The highest BCUT2D eigenvalue weighted by Gasteiger charge is 2.39. The molecule has 2 bridgehead atoms. The van der Waals surface area contributed by atoms with Crippen LogP contribution in [0.25, 0.3) is 0 Å². The van der Waals surface area contributed by atoms with Crippen molar-refractivity contribution in [3.8, 4) is 5.75 Å². The molecule has 4 rings (SSSR count). The van der Waals surface area contributed by atoms with Crippen LogP contribution in [0, 0.1) is 17.8 Å². The Morgan fingerprint density at radius 1 is 1.19 bits per heavy atom. The number of amides is 1. The van der Waals surface area contributed by atoms with Crippen LogP contribution in [0.4, 0.5) is 5.69 Å². The standard InChI is InChI=1S/C36H51ClN2O7S/c1-6-30(37)20-27-11-7-8-17-39-22-29-13-15-31(29)33(45-19-18-43-4)12-9-10-25(2)35(24-44-5)47(41,42)38-36(40)28-14-16-34(32(39)21-28)46-23-26(27)3/h6,9,12,14,16,20-21,25,29,31,33,35H,3,7-8,10-11,13,15,17-19,22-24H2,1-2,4-5H3,(H,38,40)/b12-9+,27-20-,30-6+/t25-,29-,31+,33-,35-/m0/s1. The molecule has 47 heavy (non-hydrogen) atoms. The zero-order valence-corrected chi connectivity index (χ0v) is 29.8. The molecule has 1 fully saturated rings. The number of halogens is 1. The molecule has 2 heterocycles. The SMILES string of the molecule is C=C1COc2ccc3cc2N(CCCC/C1=C/C(Cl)=C\C)C[C@@H]1CC[C@H]1[C@@H](OCCOC)/C=C/C[C@H](C)[C@H](COC)S(=O)(=O)NC3=O. The fourth-order valence-corrected chi connectivity index (χ4v) is 8.21. The number of benzene rings is 1. The summed E-state index contributed by atoms with van der Waals surface area (Å²) in [4.78, 5) is 15.8. The highest BCUT2D eigenvalue weighted by atomic mass is 35.5. The molecule has 0 aromatic heterocycles. The minimum absolute atomic E-state index is 0.0402. The van der Waals surface area contributed by atoms with E-state index in [0.29, 0.717) is 36.3 Å². The first-order chi connectivity index (χ1) is 22.6. The van der Waals surface area contributed by atoms with Crippen LogP contribution in [0.1, 0.15) is 62.7 Å². The van der Waals surface area contributed by atoms with Gasteiger partial charge in [0.1, 0.15) is 17.6 Å². The van der Waals surface area contributed by atoms with Gasteiger partial charge in [0.05, 0.1) is 31.6 Å². The van der Waals surface area contributed by atoms with Crippen LogP contribution in [0.2, 0.25) is 0 Å². The second-order valence-corrected chi connectivity index (χ2v) is 15.1. The minimum Gasteiger partial charge on any atom is -0.487 e. The first-order valence-electron chi connectivity index (χ1n) is 16.6. The van der Waals surface area contributed by atoms with Gasteiger partial charge in [-0.25, -0.2) is 13.1 Å². The van der Waals surface area contributed by atoms with Crippen LogP contribution in [0.3, 0.4) is 0 Å². The molecule has 1 aromatic carbocycles. The number of allylic oxidation sites excluding steroid dienone is 4. The summed E-state index contributed by atoms with van der Waals surface area (Å²) in [5.74, 6) is 0.262. The Morgan fingerprint density at radius 3 is 2.70 bits per heavy atom. The highest BCUT2D eigenvalue weighted by molar-refractivity contribution is 7.90. The molecule has 0 radical (unpaired) electrons. The van der Waals surface area contributed by atoms with Gasteiger partial charge in [-0.15, -0.1) is 0 Å². The van der Waals surface area contributed by atoms with Gasteiger partial charge < -0.3 is 23.8 Å². The lowest BCUT2D eigenvalue weighted by atomic mass is 9.70. The number of carbonyl (C=O) groups is 1. The Hall–Kier alpha value is -2.63. The third-order valence-electron chi connectivity index (χ3n) is 9.51. The third-order valence-corrected chi connectivity index (χ3v) is 11.7. The van der Waals surface area contributed by atoms with Crippen LogP contribution in [-0.4, -0.2) is 79.4 Å². The second-order valence-electron chi connectivity index (χ2n) is 12.8. The highest BCUT2D eigenvalue weighted by Crippen LogP contribution is 2.42. The van der Waals surface area contributed by atoms with Crippen LogP contribution in [-0.2, 0) is 24.2 Å². The number of rotatable bonds is 7. The van der Waals surface area contributed by atoms with Crippen molar-refractivity contribution in [1.82, 2.24) is 4.72 Å². The molecular weight excluding hydrogens is 640 g/mol. The van der Waals surface area contributed by atoms with Crippen LogP contribution in [0.5, 0.6) is 5.75 Å². The van der Waals surface area contributed by atoms with E-state index in [2.05, 4.69) is 22.3 Å². The predicted octanol–water partition coefficient (Wildman–Crippen LogP) is 6.41. The van der Waals surface area contributed by atoms with Gasteiger partial charge in [0.2, 0.25) is 10.0 Å². The van der Waals surface area contributed by atoms with E-state index in [1.807, 2.05) is 32.1 Å². The molecule has 11 heteroatoms. The summed E-state index contributed by atoms with van der Waals surface area (Å²) in [7, 11) is -0.946.